The van der Waals surface area contributed by atoms with Crippen molar-refractivity contribution >= 4 is 5.78 Å². The summed E-state index contributed by atoms with van der Waals surface area (Å²) in [6, 6.07) is 0. The van der Waals surface area contributed by atoms with Gasteiger partial charge in [0.2, 0.25) is 0 Å². The van der Waals surface area contributed by atoms with Gasteiger partial charge in [0.15, 0.2) is 5.78 Å². The van der Waals surface area contributed by atoms with Crippen molar-refractivity contribution in [1.82, 2.24) is 0 Å². The first kappa shape index (κ1) is 9.14. The third kappa shape index (κ3) is 0.961. The Hall–Kier alpha value is -1.11. The number of carbonyl (C=O) groups excluding carboxylic acids is 1. The summed E-state index contributed by atoms with van der Waals surface area (Å²) < 4.78 is 0. The maximum absolute atomic E-state index is 12.2. The SMILES string of the molecule is CC1=CC2=C(C)C3(CC3)C(C)C(=O)C2=C1. The molecule has 1 saturated carbocycles. The van der Waals surface area contributed by atoms with Gasteiger partial charge in [0.05, 0.1) is 0 Å². The number of hydrogen-bond acceptors (Lipinski definition) is 1. The molecule has 15 heavy (non-hydrogen) atoms. The van der Waals surface area contributed by atoms with Crippen molar-refractivity contribution in [2.24, 2.45) is 11.3 Å². The minimum Gasteiger partial charge on any atom is -0.294 e. The molecule has 0 bridgehead atoms. The van der Waals surface area contributed by atoms with Crippen molar-refractivity contribution in [3.05, 3.63) is 34.4 Å². The van der Waals surface area contributed by atoms with Gasteiger partial charge in [-0.2, -0.15) is 0 Å². The van der Waals surface area contributed by atoms with Crippen molar-refractivity contribution < 1.29 is 4.79 Å². The summed E-state index contributed by atoms with van der Waals surface area (Å²) in [7, 11) is 0. The van der Waals surface area contributed by atoms with Gasteiger partial charge < -0.3 is 0 Å². The zero-order valence-electron chi connectivity index (χ0n) is 9.55. The first-order valence-electron chi connectivity index (χ1n) is 5.72. The topological polar surface area (TPSA) is 17.1 Å². The second-order valence-electron chi connectivity index (χ2n) is 5.23. The van der Waals surface area contributed by atoms with Gasteiger partial charge in [0.1, 0.15) is 0 Å². The highest BCUT2D eigenvalue weighted by molar-refractivity contribution is 6.06. The lowest BCUT2D eigenvalue weighted by Crippen LogP contribution is -2.30. The molecule has 0 aromatic heterocycles. The van der Waals surface area contributed by atoms with E-state index in [-0.39, 0.29) is 11.3 Å². The summed E-state index contributed by atoms with van der Waals surface area (Å²) in [5.41, 5.74) is 5.11. The van der Waals surface area contributed by atoms with Crippen LogP contribution in [0.5, 0.6) is 0 Å². The Bertz CT molecular complexity index is 456. The molecule has 0 radical (unpaired) electrons. The molecule has 0 aromatic rings. The van der Waals surface area contributed by atoms with Crippen LogP contribution < -0.4 is 0 Å². The van der Waals surface area contributed by atoms with Crippen LogP contribution in [0.3, 0.4) is 0 Å². The van der Waals surface area contributed by atoms with Crippen molar-refractivity contribution in [2.75, 3.05) is 0 Å². The van der Waals surface area contributed by atoms with Gasteiger partial charge in [-0.05, 0) is 43.9 Å². The molecule has 1 nitrogen and oxygen atoms in total. The molecular weight excluding hydrogens is 184 g/mol. The van der Waals surface area contributed by atoms with Crippen LogP contribution in [0.25, 0.3) is 0 Å². The van der Waals surface area contributed by atoms with E-state index >= 15 is 0 Å². The lowest BCUT2D eigenvalue weighted by atomic mass is 9.71. The Kier molecular flexibility index (Phi) is 1.54. The predicted molar refractivity (Wildman–Crippen MR) is 60.4 cm³/mol. The standard InChI is InChI=1S/C14H16O/c1-8-6-11-9(2)14(4-5-14)10(3)13(15)12(11)7-8/h6-7,10H,4-5H2,1-3H3. The molecule has 1 spiro atoms. The highest BCUT2D eigenvalue weighted by Crippen LogP contribution is 2.62. The minimum atomic E-state index is 0.201. The third-order valence-corrected chi connectivity index (χ3v) is 4.46. The van der Waals surface area contributed by atoms with Crippen LogP contribution >= 0.6 is 0 Å². The molecule has 3 aliphatic carbocycles. The van der Waals surface area contributed by atoms with Gasteiger partial charge in [-0.15, -0.1) is 0 Å². The smallest absolute Gasteiger partial charge is 0.167 e. The van der Waals surface area contributed by atoms with Gasteiger partial charge in [-0.3, -0.25) is 4.79 Å². The van der Waals surface area contributed by atoms with E-state index in [2.05, 4.69) is 26.8 Å². The van der Waals surface area contributed by atoms with E-state index < -0.39 is 0 Å². The van der Waals surface area contributed by atoms with Gasteiger partial charge in [0, 0.05) is 16.9 Å². The first-order valence-corrected chi connectivity index (χ1v) is 5.72. The molecular formula is C14H16O. The number of carbonyl (C=O) groups is 1. The largest absolute Gasteiger partial charge is 0.294 e. The van der Waals surface area contributed by atoms with Crippen LogP contribution in [-0.2, 0) is 4.79 Å². The maximum atomic E-state index is 12.2. The molecule has 1 atom stereocenters. The van der Waals surface area contributed by atoms with Crippen molar-refractivity contribution in [2.45, 2.75) is 33.6 Å². The fourth-order valence-corrected chi connectivity index (χ4v) is 3.19. The zero-order chi connectivity index (χ0) is 10.8. The number of hydrogen-bond donors (Lipinski definition) is 0. The first-order chi connectivity index (χ1) is 7.06. The number of Topliss-reactive ketones (excluding diaryl/α,β-unsaturated/α-hetero) is 1. The molecule has 0 saturated heterocycles. The lowest BCUT2D eigenvalue weighted by molar-refractivity contribution is -0.120. The fraction of sp³-hybridized carbons (Fsp3) is 0.500. The van der Waals surface area contributed by atoms with Crippen molar-refractivity contribution in [1.29, 1.82) is 0 Å². The molecule has 3 rings (SSSR count). The Morgan fingerprint density at radius 3 is 2.53 bits per heavy atom. The summed E-state index contributed by atoms with van der Waals surface area (Å²) in [5.74, 6) is 0.563. The molecule has 1 fully saturated rings. The second-order valence-corrected chi connectivity index (χ2v) is 5.23. The number of ketones is 1. The van der Waals surface area contributed by atoms with Gasteiger partial charge in [0.25, 0.3) is 0 Å². The third-order valence-electron chi connectivity index (χ3n) is 4.46. The van der Waals surface area contributed by atoms with Crippen LogP contribution in [0.15, 0.2) is 34.4 Å². The Labute approximate surface area is 90.6 Å². The molecule has 1 heteroatoms. The summed E-state index contributed by atoms with van der Waals surface area (Å²) in [6.07, 6.45) is 6.63. The lowest BCUT2D eigenvalue weighted by Gasteiger charge is -2.31. The fourth-order valence-electron chi connectivity index (χ4n) is 3.19. The molecule has 0 heterocycles. The number of allylic oxidation sites excluding steroid dienone is 6. The van der Waals surface area contributed by atoms with Gasteiger partial charge in [-0.25, -0.2) is 0 Å². The second kappa shape index (κ2) is 2.52. The monoisotopic (exact) mass is 200 g/mol. The van der Waals surface area contributed by atoms with Crippen molar-refractivity contribution in [3.8, 4) is 0 Å². The van der Waals surface area contributed by atoms with Crippen LogP contribution in [0.1, 0.15) is 33.6 Å². The van der Waals surface area contributed by atoms with Gasteiger partial charge in [-0.1, -0.05) is 18.6 Å². The van der Waals surface area contributed by atoms with Crippen LogP contribution in [0.2, 0.25) is 0 Å². The average molecular weight is 200 g/mol. The van der Waals surface area contributed by atoms with E-state index in [1.807, 2.05) is 6.08 Å². The predicted octanol–water partition coefficient (Wildman–Crippen LogP) is 3.19. The normalized spacial score (nSPS) is 31.7. The Balaban J connectivity index is 2.23. The zero-order valence-corrected chi connectivity index (χ0v) is 9.55. The van der Waals surface area contributed by atoms with Crippen LogP contribution in [-0.4, -0.2) is 5.78 Å². The summed E-state index contributed by atoms with van der Waals surface area (Å²) >= 11 is 0. The van der Waals surface area contributed by atoms with E-state index in [0.717, 1.165) is 5.57 Å². The minimum absolute atomic E-state index is 0.201. The highest BCUT2D eigenvalue weighted by atomic mass is 16.1. The molecule has 0 N–H and O–H groups in total. The molecule has 0 aromatic carbocycles. The summed E-state index contributed by atoms with van der Waals surface area (Å²) in [5, 5.41) is 0. The Morgan fingerprint density at radius 2 is 1.93 bits per heavy atom. The van der Waals surface area contributed by atoms with E-state index in [1.54, 1.807) is 0 Å². The molecule has 0 aliphatic heterocycles. The molecule has 78 valence electrons. The van der Waals surface area contributed by atoms with Crippen LogP contribution in [0, 0.1) is 11.3 Å². The summed E-state index contributed by atoms with van der Waals surface area (Å²) in [4.78, 5) is 12.2. The number of fused-ring (bicyclic) bond motifs is 1. The van der Waals surface area contributed by atoms with Crippen LogP contribution in [0.4, 0.5) is 0 Å². The van der Waals surface area contributed by atoms with Gasteiger partial charge >= 0.3 is 0 Å². The van der Waals surface area contributed by atoms with E-state index in [4.69, 9.17) is 0 Å². The Morgan fingerprint density at radius 1 is 1.27 bits per heavy atom. The van der Waals surface area contributed by atoms with E-state index in [9.17, 15) is 4.79 Å². The average Bonchev–Trinajstić information content (AvgIpc) is 2.92. The number of rotatable bonds is 0. The van der Waals surface area contributed by atoms with E-state index in [0.29, 0.717) is 5.78 Å². The van der Waals surface area contributed by atoms with E-state index in [1.165, 1.54) is 29.6 Å². The molecule has 3 aliphatic rings. The highest BCUT2D eigenvalue weighted by Gasteiger charge is 2.55. The summed E-state index contributed by atoms with van der Waals surface area (Å²) in [6.45, 7) is 6.39. The molecule has 1 unspecified atom stereocenters. The quantitative estimate of drug-likeness (QED) is 0.587. The van der Waals surface area contributed by atoms with Crippen molar-refractivity contribution in [3.63, 3.8) is 0 Å². The molecule has 0 amide bonds. The maximum Gasteiger partial charge on any atom is 0.167 e.